The first-order valence-corrected chi connectivity index (χ1v) is 8.12. The van der Waals surface area contributed by atoms with Crippen LogP contribution in [0.1, 0.15) is 17.3 Å². The fourth-order valence-corrected chi connectivity index (χ4v) is 2.02. The Morgan fingerprint density at radius 1 is 0.885 bits per heavy atom. The SMILES string of the molecule is CCNC(=O)CNC(=O)COC(=O)c1cccc(Oc2ccccc2)c1. The molecule has 0 bridgehead atoms. The van der Waals surface area contributed by atoms with Gasteiger partial charge in [-0.15, -0.1) is 0 Å². The lowest BCUT2D eigenvalue weighted by Gasteiger charge is -2.08. The third-order valence-electron chi connectivity index (χ3n) is 3.20. The van der Waals surface area contributed by atoms with Gasteiger partial charge in [0.25, 0.3) is 5.91 Å². The van der Waals surface area contributed by atoms with Crippen LogP contribution in [0, 0.1) is 0 Å². The zero-order valence-corrected chi connectivity index (χ0v) is 14.4. The second-order valence-electron chi connectivity index (χ2n) is 5.25. The first kappa shape index (κ1) is 19.0. The van der Waals surface area contributed by atoms with Crippen molar-refractivity contribution in [2.45, 2.75) is 6.92 Å². The molecule has 2 N–H and O–H groups in total. The summed E-state index contributed by atoms with van der Waals surface area (Å²) >= 11 is 0. The summed E-state index contributed by atoms with van der Waals surface area (Å²) in [5.74, 6) is -0.398. The van der Waals surface area contributed by atoms with Crippen molar-refractivity contribution in [1.29, 1.82) is 0 Å². The van der Waals surface area contributed by atoms with E-state index in [9.17, 15) is 14.4 Å². The largest absolute Gasteiger partial charge is 0.457 e. The van der Waals surface area contributed by atoms with Crippen molar-refractivity contribution < 1.29 is 23.9 Å². The lowest BCUT2D eigenvalue weighted by molar-refractivity contribution is -0.127. The minimum absolute atomic E-state index is 0.162. The van der Waals surface area contributed by atoms with Crippen LogP contribution in [0.3, 0.4) is 0 Å². The molecule has 7 nitrogen and oxygen atoms in total. The van der Waals surface area contributed by atoms with Gasteiger partial charge in [0.15, 0.2) is 6.61 Å². The van der Waals surface area contributed by atoms with Gasteiger partial charge in [-0.05, 0) is 37.3 Å². The van der Waals surface area contributed by atoms with Crippen LogP contribution in [-0.4, -0.2) is 37.5 Å². The number of carbonyl (C=O) groups excluding carboxylic acids is 3. The highest BCUT2D eigenvalue weighted by Gasteiger charge is 2.12. The summed E-state index contributed by atoms with van der Waals surface area (Å²) in [7, 11) is 0. The summed E-state index contributed by atoms with van der Waals surface area (Å²) in [6.45, 7) is 1.62. The molecule has 0 aliphatic heterocycles. The first-order valence-electron chi connectivity index (χ1n) is 8.12. The van der Waals surface area contributed by atoms with E-state index in [1.807, 2.05) is 18.2 Å². The van der Waals surface area contributed by atoms with Gasteiger partial charge in [0, 0.05) is 6.54 Å². The molecular weight excluding hydrogens is 336 g/mol. The molecule has 136 valence electrons. The molecule has 0 saturated carbocycles. The number of carbonyl (C=O) groups is 3. The van der Waals surface area contributed by atoms with E-state index in [1.54, 1.807) is 37.3 Å². The number of likely N-dealkylation sites (N-methyl/N-ethyl adjacent to an activating group) is 1. The average molecular weight is 356 g/mol. The number of hydrogen-bond donors (Lipinski definition) is 2. The van der Waals surface area contributed by atoms with Crippen molar-refractivity contribution in [2.24, 2.45) is 0 Å². The average Bonchev–Trinajstić information content (AvgIpc) is 2.65. The third kappa shape index (κ3) is 6.27. The normalized spacial score (nSPS) is 9.88. The molecule has 0 radical (unpaired) electrons. The lowest BCUT2D eigenvalue weighted by atomic mass is 10.2. The number of benzene rings is 2. The van der Waals surface area contributed by atoms with Crippen molar-refractivity contribution in [3.8, 4) is 11.5 Å². The molecule has 7 heteroatoms. The zero-order chi connectivity index (χ0) is 18.8. The van der Waals surface area contributed by atoms with Gasteiger partial charge in [-0.25, -0.2) is 4.79 Å². The van der Waals surface area contributed by atoms with Crippen LogP contribution in [-0.2, 0) is 14.3 Å². The highest BCUT2D eigenvalue weighted by atomic mass is 16.5. The maximum atomic E-state index is 12.1. The second-order valence-corrected chi connectivity index (χ2v) is 5.25. The molecule has 2 rings (SSSR count). The molecule has 0 saturated heterocycles. The van der Waals surface area contributed by atoms with Crippen LogP contribution in [0.4, 0.5) is 0 Å². The Hall–Kier alpha value is -3.35. The van der Waals surface area contributed by atoms with E-state index in [0.29, 0.717) is 18.0 Å². The Morgan fingerprint density at radius 2 is 1.62 bits per heavy atom. The second kappa shape index (κ2) is 9.83. The lowest BCUT2D eigenvalue weighted by Crippen LogP contribution is -2.38. The molecule has 0 unspecified atom stereocenters. The molecule has 0 fully saturated rings. The molecule has 0 heterocycles. The van der Waals surface area contributed by atoms with Crippen molar-refractivity contribution in [1.82, 2.24) is 10.6 Å². The molecule has 2 aromatic rings. The van der Waals surface area contributed by atoms with Gasteiger partial charge in [0.2, 0.25) is 5.91 Å². The van der Waals surface area contributed by atoms with Crippen LogP contribution in [0.5, 0.6) is 11.5 Å². The monoisotopic (exact) mass is 356 g/mol. The van der Waals surface area contributed by atoms with Gasteiger partial charge >= 0.3 is 5.97 Å². The van der Waals surface area contributed by atoms with Gasteiger partial charge in [0.05, 0.1) is 12.1 Å². The van der Waals surface area contributed by atoms with Crippen molar-refractivity contribution >= 4 is 17.8 Å². The van der Waals surface area contributed by atoms with E-state index < -0.39 is 18.5 Å². The van der Waals surface area contributed by atoms with Gasteiger partial charge < -0.3 is 20.1 Å². The van der Waals surface area contributed by atoms with E-state index in [4.69, 9.17) is 9.47 Å². The number of nitrogens with one attached hydrogen (secondary N) is 2. The van der Waals surface area contributed by atoms with Gasteiger partial charge in [-0.3, -0.25) is 9.59 Å². The molecule has 0 spiro atoms. The van der Waals surface area contributed by atoms with Gasteiger partial charge in [-0.1, -0.05) is 24.3 Å². The fraction of sp³-hybridized carbons (Fsp3) is 0.211. The maximum Gasteiger partial charge on any atom is 0.338 e. The smallest absolute Gasteiger partial charge is 0.338 e. The van der Waals surface area contributed by atoms with Crippen LogP contribution in [0.25, 0.3) is 0 Å². The summed E-state index contributed by atoms with van der Waals surface area (Å²) in [6.07, 6.45) is 0. The quantitative estimate of drug-likeness (QED) is 0.705. The van der Waals surface area contributed by atoms with Crippen molar-refractivity contribution in [3.05, 3.63) is 60.2 Å². The topological polar surface area (TPSA) is 93.7 Å². The fourth-order valence-electron chi connectivity index (χ4n) is 2.02. The number of ether oxygens (including phenoxy) is 2. The predicted octanol–water partition coefficient (Wildman–Crippen LogP) is 1.89. The van der Waals surface area contributed by atoms with Gasteiger partial charge in [0.1, 0.15) is 11.5 Å². The van der Waals surface area contributed by atoms with Crippen LogP contribution >= 0.6 is 0 Å². The Balaban J connectivity index is 1.84. The van der Waals surface area contributed by atoms with Crippen LogP contribution < -0.4 is 15.4 Å². The number of rotatable bonds is 8. The van der Waals surface area contributed by atoms with Crippen molar-refractivity contribution in [2.75, 3.05) is 19.7 Å². The zero-order valence-electron chi connectivity index (χ0n) is 14.4. The Labute approximate surface area is 151 Å². The number of hydrogen-bond acceptors (Lipinski definition) is 5. The standard InChI is InChI=1S/C19H20N2O5/c1-2-20-17(22)12-21-18(23)13-25-19(24)14-7-6-10-16(11-14)26-15-8-4-3-5-9-15/h3-11H,2,12-13H2,1H3,(H,20,22)(H,21,23). The molecule has 0 aliphatic rings. The van der Waals surface area contributed by atoms with E-state index in [2.05, 4.69) is 10.6 Å². The highest BCUT2D eigenvalue weighted by Crippen LogP contribution is 2.22. The van der Waals surface area contributed by atoms with E-state index in [0.717, 1.165) is 0 Å². The molecule has 26 heavy (non-hydrogen) atoms. The minimum atomic E-state index is -0.656. The molecule has 2 aromatic carbocycles. The first-order chi connectivity index (χ1) is 12.6. The number of para-hydroxylation sites is 1. The number of amides is 2. The summed E-state index contributed by atoms with van der Waals surface area (Å²) in [5.41, 5.74) is 0.259. The Bertz CT molecular complexity index is 762. The summed E-state index contributed by atoms with van der Waals surface area (Å²) < 4.78 is 10.6. The molecule has 0 atom stereocenters. The van der Waals surface area contributed by atoms with Crippen LogP contribution in [0.2, 0.25) is 0 Å². The summed E-state index contributed by atoms with van der Waals surface area (Å²) in [4.78, 5) is 34.9. The molecule has 0 aliphatic carbocycles. The minimum Gasteiger partial charge on any atom is -0.457 e. The Kier molecular flexibility index (Phi) is 7.17. The van der Waals surface area contributed by atoms with E-state index >= 15 is 0 Å². The molecule has 2 amide bonds. The summed E-state index contributed by atoms with van der Waals surface area (Å²) in [6, 6.07) is 15.6. The molecule has 0 aromatic heterocycles. The Morgan fingerprint density at radius 3 is 2.35 bits per heavy atom. The van der Waals surface area contributed by atoms with Gasteiger partial charge in [-0.2, -0.15) is 0 Å². The third-order valence-corrected chi connectivity index (χ3v) is 3.20. The van der Waals surface area contributed by atoms with Crippen LogP contribution in [0.15, 0.2) is 54.6 Å². The van der Waals surface area contributed by atoms with E-state index in [-0.39, 0.29) is 18.0 Å². The predicted molar refractivity (Wildman–Crippen MR) is 94.9 cm³/mol. The van der Waals surface area contributed by atoms with Crippen molar-refractivity contribution in [3.63, 3.8) is 0 Å². The maximum absolute atomic E-state index is 12.1. The highest BCUT2D eigenvalue weighted by molar-refractivity contribution is 5.92. The van der Waals surface area contributed by atoms with E-state index in [1.165, 1.54) is 6.07 Å². The molecular formula is C19H20N2O5. The summed E-state index contributed by atoms with van der Waals surface area (Å²) in [5, 5.41) is 4.91. The number of esters is 1.